The number of nitrogens with zero attached hydrogens (tertiary/aromatic N) is 1. The normalized spacial score (nSPS) is 11.2. The highest BCUT2D eigenvalue weighted by atomic mass is 35.5. The van der Waals surface area contributed by atoms with E-state index in [-0.39, 0.29) is 5.91 Å². The van der Waals surface area contributed by atoms with Crippen molar-refractivity contribution in [1.82, 2.24) is 4.98 Å². The summed E-state index contributed by atoms with van der Waals surface area (Å²) in [5, 5.41) is 3.34. The van der Waals surface area contributed by atoms with Crippen molar-refractivity contribution in [1.29, 1.82) is 0 Å². The van der Waals surface area contributed by atoms with Crippen LogP contribution in [0.3, 0.4) is 0 Å². The summed E-state index contributed by atoms with van der Waals surface area (Å²) in [5.41, 5.74) is 5.65. The molecule has 0 bridgehead atoms. The Hall–Kier alpha value is -3.11. The molecule has 0 radical (unpaired) electrons. The van der Waals surface area contributed by atoms with E-state index in [1.165, 1.54) is 5.56 Å². The molecule has 3 aromatic carbocycles. The van der Waals surface area contributed by atoms with Crippen molar-refractivity contribution in [2.45, 2.75) is 26.7 Å². The van der Waals surface area contributed by atoms with E-state index in [1.54, 1.807) is 12.1 Å². The Morgan fingerprint density at radius 3 is 2.52 bits per heavy atom. The number of hydrogen-bond acceptors (Lipinski definition) is 3. The third-order valence-electron chi connectivity index (χ3n) is 4.84. The Labute approximate surface area is 174 Å². The number of amides is 1. The quantitative estimate of drug-likeness (QED) is 0.405. The Bertz CT molecular complexity index is 1190. The molecule has 0 saturated carbocycles. The number of aromatic nitrogens is 1. The molecule has 0 aliphatic carbocycles. The zero-order valence-electron chi connectivity index (χ0n) is 16.5. The van der Waals surface area contributed by atoms with Crippen LogP contribution in [0.4, 0.5) is 5.69 Å². The average molecular weight is 405 g/mol. The van der Waals surface area contributed by atoms with Gasteiger partial charge in [0.15, 0.2) is 5.58 Å². The standard InChI is InChI=1S/C24H21ClN2O2/c1-14(2)16-5-7-17(8-6-16)23(28)26-20-13-18(9-10-19(20)25)24-27-21-12-15(3)4-11-22(21)29-24/h4-14H,1-3H3,(H,26,28). The third kappa shape index (κ3) is 4.03. The van der Waals surface area contributed by atoms with Gasteiger partial charge in [0.1, 0.15) is 5.52 Å². The lowest BCUT2D eigenvalue weighted by Crippen LogP contribution is -2.12. The highest BCUT2D eigenvalue weighted by Gasteiger charge is 2.13. The van der Waals surface area contributed by atoms with Gasteiger partial charge in [-0.1, -0.05) is 43.6 Å². The van der Waals surface area contributed by atoms with Crippen LogP contribution < -0.4 is 5.32 Å². The summed E-state index contributed by atoms with van der Waals surface area (Å²) >= 11 is 6.32. The topological polar surface area (TPSA) is 55.1 Å². The molecule has 4 aromatic rings. The zero-order valence-corrected chi connectivity index (χ0v) is 17.2. The summed E-state index contributed by atoms with van der Waals surface area (Å²) in [7, 11) is 0. The number of carbonyl (C=O) groups is 1. The van der Waals surface area contributed by atoms with Gasteiger partial charge in [-0.05, 0) is 66.4 Å². The van der Waals surface area contributed by atoms with Gasteiger partial charge in [-0.3, -0.25) is 4.79 Å². The van der Waals surface area contributed by atoms with E-state index < -0.39 is 0 Å². The van der Waals surface area contributed by atoms with Crippen LogP contribution in [-0.2, 0) is 0 Å². The fourth-order valence-corrected chi connectivity index (χ4v) is 3.29. The molecule has 4 nitrogen and oxygen atoms in total. The van der Waals surface area contributed by atoms with Crippen molar-refractivity contribution >= 4 is 34.3 Å². The average Bonchev–Trinajstić information content (AvgIpc) is 3.12. The maximum Gasteiger partial charge on any atom is 0.255 e. The van der Waals surface area contributed by atoms with Crippen LogP contribution in [0, 0.1) is 6.92 Å². The minimum atomic E-state index is -0.215. The Balaban J connectivity index is 1.61. The number of aryl methyl sites for hydroxylation is 1. The van der Waals surface area contributed by atoms with Gasteiger partial charge in [-0.15, -0.1) is 0 Å². The lowest BCUT2D eigenvalue weighted by Gasteiger charge is -2.10. The lowest BCUT2D eigenvalue weighted by atomic mass is 10.0. The van der Waals surface area contributed by atoms with Gasteiger partial charge in [0.2, 0.25) is 5.89 Å². The number of benzene rings is 3. The van der Waals surface area contributed by atoms with Crippen molar-refractivity contribution in [3.05, 3.63) is 82.4 Å². The molecule has 146 valence electrons. The number of anilines is 1. The second kappa shape index (κ2) is 7.72. The van der Waals surface area contributed by atoms with Gasteiger partial charge in [-0.25, -0.2) is 4.98 Å². The first-order chi connectivity index (χ1) is 13.9. The van der Waals surface area contributed by atoms with Crippen molar-refractivity contribution < 1.29 is 9.21 Å². The van der Waals surface area contributed by atoms with Crippen molar-refractivity contribution in [2.75, 3.05) is 5.32 Å². The minimum Gasteiger partial charge on any atom is -0.436 e. The number of nitrogens with one attached hydrogen (secondary N) is 1. The molecular formula is C24H21ClN2O2. The fourth-order valence-electron chi connectivity index (χ4n) is 3.13. The summed E-state index contributed by atoms with van der Waals surface area (Å²) in [4.78, 5) is 17.2. The summed E-state index contributed by atoms with van der Waals surface area (Å²) in [5.74, 6) is 0.685. The van der Waals surface area contributed by atoms with Gasteiger partial charge < -0.3 is 9.73 Å². The molecule has 0 aliphatic rings. The Morgan fingerprint density at radius 1 is 1.03 bits per heavy atom. The molecule has 0 spiro atoms. The Morgan fingerprint density at radius 2 is 1.79 bits per heavy atom. The van der Waals surface area contributed by atoms with E-state index in [9.17, 15) is 4.79 Å². The molecule has 29 heavy (non-hydrogen) atoms. The van der Waals surface area contributed by atoms with E-state index in [2.05, 4.69) is 24.1 Å². The first-order valence-corrected chi connectivity index (χ1v) is 9.87. The molecule has 0 atom stereocenters. The molecule has 1 heterocycles. The molecule has 1 aromatic heterocycles. The maximum atomic E-state index is 12.7. The van der Waals surface area contributed by atoms with Crippen LogP contribution in [0.15, 0.2) is 65.1 Å². The number of fused-ring (bicyclic) bond motifs is 1. The third-order valence-corrected chi connectivity index (χ3v) is 5.17. The molecular weight excluding hydrogens is 384 g/mol. The second-order valence-electron chi connectivity index (χ2n) is 7.42. The molecule has 0 aliphatic heterocycles. The maximum absolute atomic E-state index is 12.7. The largest absolute Gasteiger partial charge is 0.436 e. The highest BCUT2D eigenvalue weighted by Crippen LogP contribution is 2.31. The van der Waals surface area contributed by atoms with Gasteiger partial charge >= 0.3 is 0 Å². The number of hydrogen-bond donors (Lipinski definition) is 1. The van der Waals surface area contributed by atoms with E-state index in [1.807, 2.05) is 55.5 Å². The van der Waals surface area contributed by atoms with Crippen LogP contribution >= 0.6 is 11.6 Å². The van der Waals surface area contributed by atoms with Crippen LogP contribution in [0.1, 0.15) is 41.3 Å². The SMILES string of the molecule is Cc1ccc2oc(-c3ccc(Cl)c(NC(=O)c4ccc(C(C)C)cc4)c3)nc2c1. The monoisotopic (exact) mass is 404 g/mol. The molecule has 0 fully saturated rings. The van der Waals surface area contributed by atoms with Crippen molar-refractivity contribution in [3.8, 4) is 11.5 Å². The zero-order chi connectivity index (χ0) is 20.5. The number of rotatable bonds is 4. The summed E-state index contributed by atoms with van der Waals surface area (Å²) < 4.78 is 5.86. The predicted octanol–water partition coefficient (Wildman–Crippen LogP) is 6.83. The van der Waals surface area contributed by atoms with E-state index in [4.69, 9.17) is 16.0 Å². The van der Waals surface area contributed by atoms with Crippen molar-refractivity contribution in [2.24, 2.45) is 0 Å². The van der Waals surface area contributed by atoms with Gasteiger partial charge in [-0.2, -0.15) is 0 Å². The van der Waals surface area contributed by atoms with Gasteiger partial charge in [0.05, 0.1) is 10.7 Å². The molecule has 1 amide bonds. The molecule has 4 rings (SSSR count). The Kier molecular flexibility index (Phi) is 5.12. The number of oxazole rings is 1. The number of halogens is 1. The van der Waals surface area contributed by atoms with E-state index >= 15 is 0 Å². The molecule has 1 N–H and O–H groups in total. The van der Waals surface area contributed by atoms with Gasteiger partial charge in [0, 0.05) is 11.1 Å². The molecule has 5 heteroatoms. The lowest BCUT2D eigenvalue weighted by molar-refractivity contribution is 0.102. The summed E-state index contributed by atoms with van der Waals surface area (Å²) in [6.45, 7) is 6.25. The number of carbonyl (C=O) groups excluding carboxylic acids is 1. The van der Waals surface area contributed by atoms with Crippen LogP contribution in [0.25, 0.3) is 22.6 Å². The summed E-state index contributed by atoms with van der Waals surface area (Å²) in [6.07, 6.45) is 0. The second-order valence-corrected chi connectivity index (χ2v) is 7.82. The summed E-state index contributed by atoms with van der Waals surface area (Å²) in [6, 6.07) is 18.8. The van der Waals surface area contributed by atoms with E-state index in [0.29, 0.717) is 28.1 Å². The van der Waals surface area contributed by atoms with Gasteiger partial charge in [0.25, 0.3) is 5.91 Å². The predicted molar refractivity (Wildman–Crippen MR) is 118 cm³/mol. The fraction of sp³-hybridized carbons (Fsp3) is 0.167. The van der Waals surface area contributed by atoms with E-state index in [0.717, 1.165) is 22.2 Å². The first kappa shape index (κ1) is 19.2. The smallest absolute Gasteiger partial charge is 0.255 e. The van der Waals surface area contributed by atoms with Crippen LogP contribution in [0.5, 0.6) is 0 Å². The minimum absolute atomic E-state index is 0.215. The van der Waals surface area contributed by atoms with Crippen LogP contribution in [0.2, 0.25) is 5.02 Å². The molecule has 0 saturated heterocycles. The molecule has 0 unspecified atom stereocenters. The first-order valence-electron chi connectivity index (χ1n) is 9.49. The van der Waals surface area contributed by atoms with Crippen molar-refractivity contribution in [3.63, 3.8) is 0 Å². The van der Waals surface area contributed by atoms with Crippen LogP contribution in [-0.4, -0.2) is 10.9 Å². The highest BCUT2D eigenvalue weighted by molar-refractivity contribution is 6.34.